The van der Waals surface area contributed by atoms with Crippen molar-refractivity contribution in [1.29, 1.82) is 0 Å². The minimum absolute atomic E-state index is 1.08. The summed E-state index contributed by atoms with van der Waals surface area (Å²) in [5, 5.41) is 0. The lowest BCUT2D eigenvalue weighted by atomic mass is 10.2. The summed E-state index contributed by atoms with van der Waals surface area (Å²) in [5.41, 5.74) is 0. The molecule has 0 aromatic carbocycles. The van der Waals surface area contributed by atoms with Gasteiger partial charge >= 0.3 is 0 Å². The van der Waals surface area contributed by atoms with Crippen LogP contribution in [0.4, 0.5) is 0 Å². The lowest BCUT2D eigenvalue weighted by Crippen LogP contribution is -1.78. The van der Waals surface area contributed by atoms with Crippen LogP contribution in [0.2, 0.25) is 0 Å². The fourth-order valence-electron chi connectivity index (χ4n) is 0.989. The van der Waals surface area contributed by atoms with Gasteiger partial charge in [-0.25, -0.2) is 0 Å². The maximum absolute atomic E-state index is 2.25. The van der Waals surface area contributed by atoms with Crippen molar-refractivity contribution in [3.63, 3.8) is 0 Å². The molecular formula is C10H14S. The minimum Gasteiger partial charge on any atom is -0.131 e. The van der Waals surface area contributed by atoms with Crippen molar-refractivity contribution in [2.45, 2.75) is 19.8 Å². The maximum atomic E-state index is 2.25. The molecule has 0 unspecified atom stereocenters. The van der Waals surface area contributed by atoms with Crippen LogP contribution in [0.5, 0.6) is 0 Å². The van der Waals surface area contributed by atoms with E-state index < -0.39 is 0 Å². The van der Waals surface area contributed by atoms with Gasteiger partial charge in [-0.15, -0.1) is 11.8 Å². The van der Waals surface area contributed by atoms with Gasteiger partial charge in [0, 0.05) is 0 Å². The number of allylic oxidation sites excluding steroid dienone is 6. The fourth-order valence-corrected chi connectivity index (χ4v) is 1.75. The first-order chi connectivity index (χ1) is 5.43. The van der Waals surface area contributed by atoms with E-state index in [9.17, 15) is 0 Å². The summed E-state index contributed by atoms with van der Waals surface area (Å²) in [4.78, 5) is 1.47. The molecule has 0 atom stereocenters. The molecule has 0 spiro atoms. The van der Waals surface area contributed by atoms with Crippen molar-refractivity contribution in [3.8, 4) is 0 Å². The molecule has 1 aliphatic carbocycles. The van der Waals surface area contributed by atoms with Crippen LogP contribution >= 0.6 is 11.8 Å². The summed E-state index contributed by atoms with van der Waals surface area (Å²) in [7, 11) is 0. The summed E-state index contributed by atoms with van der Waals surface area (Å²) in [6, 6.07) is 0. The van der Waals surface area contributed by atoms with E-state index in [1.807, 2.05) is 11.8 Å². The van der Waals surface area contributed by atoms with Crippen LogP contribution in [0.25, 0.3) is 0 Å². The first-order valence-corrected chi connectivity index (χ1v) is 5.05. The van der Waals surface area contributed by atoms with Crippen LogP contribution in [0, 0.1) is 0 Å². The second-order valence-electron chi connectivity index (χ2n) is 2.41. The Balaban J connectivity index is 2.53. The third-order valence-electron chi connectivity index (χ3n) is 1.51. The molecule has 0 saturated heterocycles. The molecule has 1 aliphatic rings. The van der Waals surface area contributed by atoms with Crippen LogP contribution in [0.3, 0.4) is 0 Å². The Hall–Kier alpha value is -0.430. The number of hydrogen-bond donors (Lipinski definition) is 0. The number of hydrogen-bond acceptors (Lipinski definition) is 1. The average molecular weight is 166 g/mol. The molecular weight excluding hydrogens is 152 g/mol. The summed E-state index contributed by atoms with van der Waals surface area (Å²) in [6.07, 6.45) is 13.2. The van der Waals surface area contributed by atoms with Crippen molar-refractivity contribution in [3.05, 3.63) is 35.3 Å². The SMILES string of the molecule is CCS/C1=C/C=C\CC=CC1. The van der Waals surface area contributed by atoms with Gasteiger partial charge in [0.2, 0.25) is 0 Å². The third kappa shape index (κ3) is 3.47. The third-order valence-corrected chi connectivity index (χ3v) is 2.47. The average Bonchev–Trinajstić information content (AvgIpc) is 1.94. The van der Waals surface area contributed by atoms with E-state index in [-0.39, 0.29) is 0 Å². The Bertz CT molecular complexity index is 187. The molecule has 0 radical (unpaired) electrons. The molecule has 0 fully saturated rings. The van der Waals surface area contributed by atoms with E-state index >= 15 is 0 Å². The summed E-state index contributed by atoms with van der Waals surface area (Å²) < 4.78 is 0. The van der Waals surface area contributed by atoms with Gasteiger partial charge in [0.05, 0.1) is 0 Å². The molecule has 0 amide bonds. The molecule has 0 aromatic heterocycles. The zero-order valence-corrected chi connectivity index (χ0v) is 7.73. The quantitative estimate of drug-likeness (QED) is 0.565. The van der Waals surface area contributed by atoms with Gasteiger partial charge in [-0.2, -0.15) is 0 Å². The van der Waals surface area contributed by atoms with E-state index in [0.717, 1.165) is 12.8 Å². The molecule has 0 nitrogen and oxygen atoms in total. The van der Waals surface area contributed by atoms with Crippen LogP contribution in [0.1, 0.15) is 19.8 Å². The highest BCUT2D eigenvalue weighted by Crippen LogP contribution is 2.20. The lowest BCUT2D eigenvalue weighted by Gasteiger charge is -2.01. The van der Waals surface area contributed by atoms with Gasteiger partial charge in [-0.3, -0.25) is 0 Å². The summed E-state index contributed by atoms with van der Waals surface area (Å²) >= 11 is 1.93. The highest BCUT2D eigenvalue weighted by atomic mass is 32.2. The van der Waals surface area contributed by atoms with Crippen molar-refractivity contribution in [2.75, 3.05) is 5.75 Å². The Morgan fingerprint density at radius 3 is 3.09 bits per heavy atom. The molecule has 11 heavy (non-hydrogen) atoms. The predicted molar refractivity (Wildman–Crippen MR) is 53.7 cm³/mol. The first kappa shape index (κ1) is 8.66. The summed E-state index contributed by atoms with van der Waals surface area (Å²) in [5.74, 6) is 1.17. The van der Waals surface area contributed by atoms with E-state index in [2.05, 4.69) is 37.3 Å². The number of thioether (sulfide) groups is 1. The molecule has 0 bridgehead atoms. The molecule has 60 valence electrons. The van der Waals surface area contributed by atoms with Crippen LogP contribution in [-0.2, 0) is 0 Å². The summed E-state index contributed by atoms with van der Waals surface area (Å²) in [6.45, 7) is 2.19. The zero-order chi connectivity index (χ0) is 7.94. The van der Waals surface area contributed by atoms with E-state index in [1.165, 1.54) is 10.7 Å². The molecule has 0 aliphatic heterocycles. The molecule has 0 N–H and O–H groups in total. The van der Waals surface area contributed by atoms with E-state index in [1.54, 1.807) is 0 Å². The van der Waals surface area contributed by atoms with Gasteiger partial charge in [0.15, 0.2) is 0 Å². The van der Waals surface area contributed by atoms with Crippen molar-refractivity contribution in [2.24, 2.45) is 0 Å². The monoisotopic (exact) mass is 166 g/mol. The normalized spacial score (nSPS) is 25.0. The van der Waals surface area contributed by atoms with Crippen molar-refractivity contribution >= 4 is 11.8 Å². The Labute approximate surface area is 73.1 Å². The second kappa shape index (κ2) is 5.25. The molecule has 1 rings (SSSR count). The van der Waals surface area contributed by atoms with Gasteiger partial charge < -0.3 is 0 Å². The highest BCUT2D eigenvalue weighted by Gasteiger charge is 1.92. The minimum atomic E-state index is 1.08. The molecule has 0 aromatic rings. The van der Waals surface area contributed by atoms with Gasteiger partial charge in [-0.05, 0) is 23.5 Å². The second-order valence-corrected chi connectivity index (χ2v) is 3.80. The smallest absolute Gasteiger partial charge is 0.00372 e. The van der Waals surface area contributed by atoms with Crippen molar-refractivity contribution < 1.29 is 0 Å². The number of rotatable bonds is 2. The van der Waals surface area contributed by atoms with Crippen LogP contribution in [0.15, 0.2) is 35.3 Å². The van der Waals surface area contributed by atoms with Gasteiger partial charge in [0.25, 0.3) is 0 Å². The van der Waals surface area contributed by atoms with Gasteiger partial charge in [0.1, 0.15) is 0 Å². The topological polar surface area (TPSA) is 0 Å². The van der Waals surface area contributed by atoms with Crippen molar-refractivity contribution in [1.82, 2.24) is 0 Å². The fraction of sp³-hybridized carbons (Fsp3) is 0.400. The standard InChI is InChI=1S/C10H14S/c1-2-11-10-8-6-4-3-5-7-9-10/h4-8H,2-3,9H2,1H3/b6-4-,7-5?,10-8+. The molecule has 1 heteroatoms. The first-order valence-electron chi connectivity index (χ1n) is 4.07. The Kier molecular flexibility index (Phi) is 4.14. The molecule has 0 saturated carbocycles. The maximum Gasteiger partial charge on any atom is -0.00372 e. The van der Waals surface area contributed by atoms with Crippen LogP contribution < -0.4 is 0 Å². The van der Waals surface area contributed by atoms with Crippen LogP contribution in [-0.4, -0.2) is 5.75 Å². The van der Waals surface area contributed by atoms with E-state index in [0.29, 0.717) is 0 Å². The highest BCUT2D eigenvalue weighted by molar-refractivity contribution is 8.03. The largest absolute Gasteiger partial charge is 0.131 e. The zero-order valence-electron chi connectivity index (χ0n) is 6.92. The van der Waals surface area contributed by atoms with E-state index in [4.69, 9.17) is 0 Å². The lowest BCUT2D eigenvalue weighted by molar-refractivity contribution is 1.27. The molecule has 0 heterocycles. The van der Waals surface area contributed by atoms with Gasteiger partial charge in [-0.1, -0.05) is 37.3 Å². The Morgan fingerprint density at radius 2 is 2.27 bits per heavy atom. The Morgan fingerprint density at radius 1 is 1.36 bits per heavy atom. The predicted octanol–water partition coefficient (Wildman–Crippen LogP) is 3.53.